The number of carbonyl (C=O) groups is 4. The summed E-state index contributed by atoms with van der Waals surface area (Å²) >= 11 is 0. The molecule has 0 aromatic carbocycles. The lowest BCUT2D eigenvalue weighted by molar-refractivity contribution is -0.142. The number of carbonyl (C=O) groups excluding carboxylic acids is 4. The molecule has 0 saturated carbocycles. The Hall–Kier alpha value is -3.70. The van der Waals surface area contributed by atoms with Gasteiger partial charge in [0.05, 0.1) is 0 Å². The summed E-state index contributed by atoms with van der Waals surface area (Å²) in [6, 6.07) is 2.88. The van der Waals surface area contributed by atoms with Crippen LogP contribution in [0, 0.1) is 0 Å². The van der Waals surface area contributed by atoms with Gasteiger partial charge in [0.2, 0.25) is 0 Å². The van der Waals surface area contributed by atoms with Gasteiger partial charge in [-0.25, -0.2) is 9.59 Å². The fourth-order valence-electron chi connectivity index (χ4n) is 2.54. The van der Waals surface area contributed by atoms with Crippen LogP contribution < -0.4 is 0 Å². The van der Waals surface area contributed by atoms with Crippen LogP contribution in [0.1, 0.15) is 21.0 Å². The second-order valence-corrected chi connectivity index (χ2v) is 5.85. The standard InChI is InChI=1S/C16H18N6O6/c23-13(9-27-15(25)11-1-3-17-19-11)21-5-7-22(8-6-21)14(24)10-28-16(26)12-2-4-18-20-12/h1-4H,5-10H2,(H,17,19)(H,18,20). The highest BCUT2D eigenvalue weighted by Gasteiger charge is 2.25. The maximum Gasteiger partial charge on any atom is 0.356 e. The Bertz CT molecular complexity index is 756. The highest BCUT2D eigenvalue weighted by Crippen LogP contribution is 2.05. The minimum Gasteiger partial charge on any atom is -0.451 e. The topological polar surface area (TPSA) is 151 Å². The van der Waals surface area contributed by atoms with Crippen molar-refractivity contribution in [3.8, 4) is 0 Å². The van der Waals surface area contributed by atoms with E-state index in [1.807, 2.05) is 0 Å². The van der Waals surface area contributed by atoms with Crippen LogP contribution in [0.15, 0.2) is 24.5 Å². The first-order valence-corrected chi connectivity index (χ1v) is 8.43. The molecule has 12 heteroatoms. The summed E-state index contributed by atoms with van der Waals surface area (Å²) < 4.78 is 9.86. The normalized spacial score (nSPS) is 13.9. The molecule has 3 heterocycles. The first-order chi connectivity index (χ1) is 13.5. The van der Waals surface area contributed by atoms with Gasteiger partial charge in [0.1, 0.15) is 11.4 Å². The number of hydrogen-bond donors (Lipinski definition) is 2. The van der Waals surface area contributed by atoms with Crippen molar-refractivity contribution in [2.24, 2.45) is 0 Å². The third kappa shape index (κ3) is 4.72. The number of hydrogen-bond acceptors (Lipinski definition) is 8. The molecule has 148 valence electrons. The zero-order chi connectivity index (χ0) is 19.9. The SMILES string of the molecule is O=C(OCC(=O)N1CCN(C(=O)COC(=O)c2ccn[nH]2)CC1)c1ccn[nH]1. The zero-order valence-corrected chi connectivity index (χ0v) is 14.8. The molecule has 12 nitrogen and oxygen atoms in total. The van der Waals surface area contributed by atoms with E-state index < -0.39 is 25.2 Å². The van der Waals surface area contributed by atoms with E-state index in [0.29, 0.717) is 26.2 Å². The van der Waals surface area contributed by atoms with Crippen molar-refractivity contribution in [2.45, 2.75) is 0 Å². The number of nitrogens with zero attached hydrogens (tertiary/aromatic N) is 4. The molecule has 1 saturated heterocycles. The average molecular weight is 390 g/mol. The van der Waals surface area contributed by atoms with Gasteiger partial charge in [0.15, 0.2) is 13.2 Å². The maximum absolute atomic E-state index is 12.1. The van der Waals surface area contributed by atoms with Crippen molar-refractivity contribution in [2.75, 3.05) is 39.4 Å². The Kier molecular flexibility index (Phi) is 5.99. The molecular weight excluding hydrogens is 372 g/mol. The van der Waals surface area contributed by atoms with E-state index in [4.69, 9.17) is 9.47 Å². The average Bonchev–Trinajstić information content (AvgIpc) is 3.44. The van der Waals surface area contributed by atoms with Crippen LogP contribution in [0.3, 0.4) is 0 Å². The summed E-state index contributed by atoms with van der Waals surface area (Å²) in [6.07, 6.45) is 2.81. The largest absolute Gasteiger partial charge is 0.451 e. The van der Waals surface area contributed by atoms with Gasteiger partial charge in [0, 0.05) is 38.6 Å². The molecule has 3 rings (SSSR count). The van der Waals surface area contributed by atoms with Gasteiger partial charge in [-0.2, -0.15) is 10.2 Å². The third-order valence-electron chi connectivity index (χ3n) is 4.08. The van der Waals surface area contributed by atoms with Crippen LogP contribution in [0.5, 0.6) is 0 Å². The zero-order valence-electron chi connectivity index (χ0n) is 14.8. The van der Waals surface area contributed by atoms with Crippen LogP contribution in [0.2, 0.25) is 0 Å². The Morgan fingerprint density at radius 2 is 1.18 bits per heavy atom. The molecule has 1 aliphatic heterocycles. The minimum atomic E-state index is -0.668. The Morgan fingerprint density at radius 3 is 1.50 bits per heavy atom. The van der Waals surface area contributed by atoms with Gasteiger partial charge in [-0.3, -0.25) is 19.8 Å². The van der Waals surface area contributed by atoms with E-state index in [2.05, 4.69) is 20.4 Å². The quantitative estimate of drug-likeness (QED) is 0.585. The van der Waals surface area contributed by atoms with Gasteiger partial charge in [-0.15, -0.1) is 0 Å². The molecule has 0 aliphatic carbocycles. The molecule has 2 N–H and O–H groups in total. The molecule has 1 fully saturated rings. The predicted octanol–water partition coefficient (Wildman–Crippen LogP) is -1.18. The molecule has 0 radical (unpaired) electrons. The lowest BCUT2D eigenvalue weighted by atomic mass is 10.3. The smallest absolute Gasteiger partial charge is 0.356 e. The van der Waals surface area contributed by atoms with Crippen molar-refractivity contribution in [3.05, 3.63) is 35.9 Å². The summed E-state index contributed by atoms with van der Waals surface area (Å²) in [5.41, 5.74) is 0.320. The van der Waals surface area contributed by atoms with Gasteiger partial charge >= 0.3 is 11.9 Å². The number of ether oxygens (including phenoxy) is 2. The van der Waals surface area contributed by atoms with E-state index in [1.54, 1.807) is 0 Å². The fourth-order valence-corrected chi connectivity index (χ4v) is 2.54. The van der Waals surface area contributed by atoms with E-state index in [9.17, 15) is 19.2 Å². The van der Waals surface area contributed by atoms with Crippen LogP contribution in [-0.2, 0) is 19.1 Å². The van der Waals surface area contributed by atoms with E-state index in [0.717, 1.165) is 0 Å². The monoisotopic (exact) mass is 390 g/mol. The second kappa shape index (κ2) is 8.79. The number of aromatic nitrogens is 4. The van der Waals surface area contributed by atoms with E-state index >= 15 is 0 Å². The lowest BCUT2D eigenvalue weighted by Gasteiger charge is -2.34. The fraction of sp³-hybridized carbons (Fsp3) is 0.375. The van der Waals surface area contributed by atoms with E-state index in [-0.39, 0.29) is 23.2 Å². The minimum absolute atomic E-state index is 0.160. The summed E-state index contributed by atoms with van der Waals surface area (Å²) in [7, 11) is 0. The number of piperazine rings is 1. The van der Waals surface area contributed by atoms with Crippen LogP contribution in [0.25, 0.3) is 0 Å². The molecule has 0 unspecified atom stereocenters. The van der Waals surface area contributed by atoms with Crippen molar-refractivity contribution < 1.29 is 28.7 Å². The summed E-state index contributed by atoms with van der Waals surface area (Å²) in [4.78, 5) is 50.6. The molecule has 0 spiro atoms. The predicted molar refractivity (Wildman–Crippen MR) is 90.9 cm³/mol. The van der Waals surface area contributed by atoms with Crippen molar-refractivity contribution in [1.29, 1.82) is 0 Å². The highest BCUT2D eigenvalue weighted by molar-refractivity contribution is 5.90. The number of aromatic amines is 2. The molecule has 1 aliphatic rings. The first-order valence-electron chi connectivity index (χ1n) is 8.43. The van der Waals surface area contributed by atoms with Crippen LogP contribution >= 0.6 is 0 Å². The Labute approximate surface area is 158 Å². The highest BCUT2D eigenvalue weighted by atomic mass is 16.5. The van der Waals surface area contributed by atoms with Gasteiger partial charge < -0.3 is 19.3 Å². The molecule has 2 aromatic heterocycles. The number of nitrogens with one attached hydrogen (secondary N) is 2. The summed E-state index contributed by atoms with van der Waals surface area (Å²) in [6.45, 7) is 0.379. The molecule has 2 amide bonds. The molecule has 0 atom stereocenters. The molecule has 2 aromatic rings. The van der Waals surface area contributed by atoms with Crippen molar-refractivity contribution >= 4 is 23.8 Å². The van der Waals surface area contributed by atoms with Crippen LogP contribution in [-0.4, -0.2) is 93.3 Å². The van der Waals surface area contributed by atoms with Crippen LogP contribution in [0.4, 0.5) is 0 Å². The number of rotatable bonds is 6. The number of esters is 2. The lowest BCUT2D eigenvalue weighted by Crippen LogP contribution is -2.52. The maximum atomic E-state index is 12.1. The Morgan fingerprint density at radius 1 is 0.786 bits per heavy atom. The summed E-state index contributed by atoms with van der Waals surface area (Å²) in [5.74, 6) is -2.05. The van der Waals surface area contributed by atoms with E-state index in [1.165, 1.54) is 34.3 Å². The summed E-state index contributed by atoms with van der Waals surface area (Å²) in [5, 5.41) is 12.2. The second-order valence-electron chi connectivity index (χ2n) is 5.85. The van der Waals surface area contributed by atoms with Crippen molar-refractivity contribution in [3.63, 3.8) is 0 Å². The third-order valence-corrected chi connectivity index (χ3v) is 4.08. The van der Waals surface area contributed by atoms with Gasteiger partial charge in [-0.05, 0) is 12.1 Å². The molecule has 0 bridgehead atoms. The first kappa shape index (κ1) is 19.1. The van der Waals surface area contributed by atoms with Gasteiger partial charge in [0.25, 0.3) is 11.8 Å². The van der Waals surface area contributed by atoms with Gasteiger partial charge in [-0.1, -0.05) is 0 Å². The number of H-pyrrole nitrogens is 2. The molecular formula is C16H18N6O6. The Balaban J connectivity index is 1.37. The number of amides is 2. The molecule has 28 heavy (non-hydrogen) atoms. The van der Waals surface area contributed by atoms with Crippen molar-refractivity contribution in [1.82, 2.24) is 30.2 Å².